The van der Waals surface area contributed by atoms with Crippen LogP contribution in [0.25, 0.3) is 0 Å². The molecule has 0 radical (unpaired) electrons. The van der Waals surface area contributed by atoms with Crippen molar-refractivity contribution < 1.29 is 19.4 Å². The lowest BCUT2D eigenvalue weighted by Crippen LogP contribution is -2.50. The number of nitrogens with zero attached hydrogens (tertiary/aromatic N) is 2. The first-order chi connectivity index (χ1) is 12.5. The summed E-state index contributed by atoms with van der Waals surface area (Å²) in [5.74, 6) is 1.90. The Morgan fingerprint density at radius 2 is 1.81 bits per heavy atom. The summed E-state index contributed by atoms with van der Waals surface area (Å²) in [6.07, 6.45) is 0.140. The third-order valence-corrected chi connectivity index (χ3v) is 5.78. The SMILES string of the molecule is CC(C)(CO)CN[C@H]1CC(C(=O)N2CCSCC2)N(C(=O)OC(C)(C)C)C1. The number of amides is 2. The molecule has 2 saturated heterocycles. The lowest BCUT2D eigenvalue weighted by Gasteiger charge is -2.33. The molecule has 0 aromatic carbocycles. The van der Waals surface area contributed by atoms with Gasteiger partial charge in [0.2, 0.25) is 5.91 Å². The standard InChI is InChI=1S/C19H35N3O4S/c1-18(2,3)26-17(25)22-11-14(20-12-19(4,5)13-23)10-15(22)16(24)21-6-8-27-9-7-21/h14-15,20,23H,6-13H2,1-5H3/t14-,15?/m0/s1. The van der Waals surface area contributed by atoms with Gasteiger partial charge in [-0.25, -0.2) is 4.79 Å². The molecule has 27 heavy (non-hydrogen) atoms. The zero-order valence-corrected chi connectivity index (χ0v) is 18.1. The van der Waals surface area contributed by atoms with Crippen molar-refractivity contribution in [1.29, 1.82) is 0 Å². The smallest absolute Gasteiger partial charge is 0.411 e. The molecule has 0 aromatic heterocycles. The molecule has 0 bridgehead atoms. The van der Waals surface area contributed by atoms with Gasteiger partial charge < -0.3 is 20.1 Å². The predicted molar refractivity (Wildman–Crippen MR) is 108 cm³/mol. The maximum atomic E-state index is 13.1. The minimum Gasteiger partial charge on any atom is -0.444 e. The largest absolute Gasteiger partial charge is 0.444 e. The Balaban J connectivity index is 2.08. The van der Waals surface area contributed by atoms with Crippen LogP contribution >= 0.6 is 11.8 Å². The number of likely N-dealkylation sites (tertiary alicyclic amines) is 1. The third-order valence-electron chi connectivity index (χ3n) is 4.83. The summed E-state index contributed by atoms with van der Waals surface area (Å²) in [6, 6.07) is -0.478. The normalized spacial score (nSPS) is 24.2. The van der Waals surface area contributed by atoms with E-state index in [2.05, 4.69) is 5.32 Å². The minimum atomic E-state index is -0.600. The van der Waals surface area contributed by atoms with E-state index in [0.29, 0.717) is 19.5 Å². The Kier molecular flexibility index (Phi) is 7.44. The number of hydrogen-bond donors (Lipinski definition) is 2. The highest BCUT2D eigenvalue weighted by Crippen LogP contribution is 2.25. The maximum Gasteiger partial charge on any atom is 0.411 e. The second-order valence-electron chi connectivity index (χ2n) is 9.22. The van der Waals surface area contributed by atoms with Crippen molar-refractivity contribution in [1.82, 2.24) is 15.1 Å². The molecule has 2 N–H and O–H groups in total. The highest BCUT2D eigenvalue weighted by molar-refractivity contribution is 7.99. The molecule has 7 nitrogen and oxygen atoms in total. The van der Waals surface area contributed by atoms with E-state index in [1.165, 1.54) is 0 Å². The Labute approximate surface area is 167 Å². The molecule has 2 heterocycles. The summed E-state index contributed by atoms with van der Waals surface area (Å²) in [4.78, 5) is 29.3. The first-order valence-electron chi connectivity index (χ1n) is 9.73. The van der Waals surface area contributed by atoms with E-state index >= 15 is 0 Å². The average molecular weight is 402 g/mol. The fourth-order valence-corrected chi connectivity index (χ4v) is 4.11. The molecule has 156 valence electrons. The van der Waals surface area contributed by atoms with Gasteiger partial charge in [-0.2, -0.15) is 11.8 Å². The van der Waals surface area contributed by atoms with Gasteiger partial charge in [0.25, 0.3) is 0 Å². The van der Waals surface area contributed by atoms with Crippen LogP contribution in [0.15, 0.2) is 0 Å². The van der Waals surface area contributed by atoms with Gasteiger partial charge in [0, 0.05) is 55.7 Å². The number of carbonyl (C=O) groups is 2. The summed E-state index contributed by atoms with van der Waals surface area (Å²) >= 11 is 1.85. The molecule has 2 amide bonds. The lowest BCUT2D eigenvalue weighted by molar-refractivity contribution is -0.135. The van der Waals surface area contributed by atoms with Gasteiger partial charge in [-0.3, -0.25) is 9.69 Å². The lowest BCUT2D eigenvalue weighted by atomic mass is 9.94. The highest BCUT2D eigenvalue weighted by atomic mass is 32.2. The monoisotopic (exact) mass is 401 g/mol. The number of hydrogen-bond acceptors (Lipinski definition) is 6. The quantitative estimate of drug-likeness (QED) is 0.727. The molecule has 1 unspecified atom stereocenters. The van der Waals surface area contributed by atoms with Crippen LogP contribution in [-0.2, 0) is 9.53 Å². The van der Waals surface area contributed by atoms with Crippen LogP contribution in [-0.4, -0.2) is 88.9 Å². The molecule has 0 aromatic rings. The van der Waals surface area contributed by atoms with Crippen molar-refractivity contribution in [2.45, 2.75) is 58.7 Å². The van der Waals surface area contributed by atoms with Gasteiger partial charge >= 0.3 is 6.09 Å². The topological polar surface area (TPSA) is 82.1 Å². The van der Waals surface area contributed by atoms with Crippen molar-refractivity contribution in [3.63, 3.8) is 0 Å². The summed E-state index contributed by atoms with van der Waals surface area (Å²) in [5.41, 5.74) is -0.847. The summed E-state index contributed by atoms with van der Waals surface area (Å²) in [6.45, 7) is 12.1. The van der Waals surface area contributed by atoms with E-state index in [4.69, 9.17) is 4.74 Å². The Morgan fingerprint density at radius 3 is 2.37 bits per heavy atom. The van der Waals surface area contributed by atoms with Crippen molar-refractivity contribution in [3.8, 4) is 0 Å². The summed E-state index contributed by atoms with van der Waals surface area (Å²) < 4.78 is 5.55. The molecule has 0 spiro atoms. The van der Waals surface area contributed by atoms with Crippen LogP contribution < -0.4 is 5.32 Å². The Morgan fingerprint density at radius 1 is 1.19 bits per heavy atom. The van der Waals surface area contributed by atoms with Gasteiger partial charge in [0.05, 0.1) is 0 Å². The average Bonchev–Trinajstić information content (AvgIpc) is 3.03. The van der Waals surface area contributed by atoms with Gasteiger partial charge in [0.1, 0.15) is 11.6 Å². The van der Waals surface area contributed by atoms with Crippen LogP contribution in [0.5, 0.6) is 0 Å². The van der Waals surface area contributed by atoms with Crippen LogP contribution in [0.1, 0.15) is 41.0 Å². The molecule has 0 aliphatic carbocycles. The van der Waals surface area contributed by atoms with Crippen molar-refractivity contribution in [3.05, 3.63) is 0 Å². The third kappa shape index (κ3) is 6.54. The maximum absolute atomic E-state index is 13.1. The van der Waals surface area contributed by atoms with E-state index < -0.39 is 17.7 Å². The molecule has 0 saturated carbocycles. The van der Waals surface area contributed by atoms with Crippen molar-refractivity contribution >= 4 is 23.8 Å². The van der Waals surface area contributed by atoms with Crippen LogP contribution in [0.2, 0.25) is 0 Å². The van der Waals surface area contributed by atoms with Crippen LogP contribution in [0, 0.1) is 5.41 Å². The number of rotatable bonds is 5. The molecular formula is C19H35N3O4S. The van der Waals surface area contributed by atoms with Gasteiger partial charge in [-0.05, 0) is 27.2 Å². The predicted octanol–water partition coefficient (Wildman–Crippen LogP) is 1.55. The summed E-state index contributed by atoms with van der Waals surface area (Å²) in [7, 11) is 0. The number of carbonyl (C=O) groups excluding carboxylic acids is 2. The second-order valence-corrected chi connectivity index (χ2v) is 10.4. The first kappa shape index (κ1) is 22.3. The zero-order valence-electron chi connectivity index (χ0n) is 17.3. The highest BCUT2D eigenvalue weighted by Gasteiger charge is 2.43. The van der Waals surface area contributed by atoms with Crippen molar-refractivity contribution in [2.75, 3.05) is 44.3 Å². The fraction of sp³-hybridized carbons (Fsp3) is 0.895. The van der Waals surface area contributed by atoms with E-state index in [-0.39, 0.29) is 24.0 Å². The molecule has 2 rings (SSSR count). The molecule has 8 heteroatoms. The van der Waals surface area contributed by atoms with Gasteiger partial charge in [-0.15, -0.1) is 0 Å². The Hall–Kier alpha value is -0.990. The Bertz CT molecular complexity index is 530. The van der Waals surface area contributed by atoms with E-state index in [9.17, 15) is 14.7 Å². The van der Waals surface area contributed by atoms with Gasteiger partial charge in [0.15, 0.2) is 0 Å². The molecule has 2 atom stereocenters. The number of thioether (sulfide) groups is 1. The van der Waals surface area contributed by atoms with Crippen LogP contribution in [0.4, 0.5) is 4.79 Å². The fourth-order valence-electron chi connectivity index (χ4n) is 3.21. The van der Waals surface area contributed by atoms with Gasteiger partial charge in [-0.1, -0.05) is 13.8 Å². The van der Waals surface area contributed by atoms with E-state index in [1.54, 1.807) is 4.90 Å². The van der Waals surface area contributed by atoms with E-state index in [1.807, 2.05) is 51.3 Å². The molecule has 2 aliphatic heterocycles. The number of ether oxygens (including phenoxy) is 1. The van der Waals surface area contributed by atoms with Crippen LogP contribution in [0.3, 0.4) is 0 Å². The number of aliphatic hydroxyl groups is 1. The molecule has 2 fully saturated rings. The molecular weight excluding hydrogens is 366 g/mol. The minimum absolute atomic E-state index is 0.0106. The van der Waals surface area contributed by atoms with E-state index in [0.717, 1.165) is 24.6 Å². The molecule has 2 aliphatic rings. The second kappa shape index (κ2) is 9.01. The number of nitrogens with one attached hydrogen (secondary N) is 1. The van der Waals surface area contributed by atoms with Crippen molar-refractivity contribution in [2.24, 2.45) is 5.41 Å². The number of aliphatic hydroxyl groups excluding tert-OH is 1. The first-order valence-corrected chi connectivity index (χ1v) is 10.9. The zero-order chi connectivity index (χ0) is 20.2. The summed E-state index contributed by atoms with van der Waals surface area (Å²) in [5, 5.41) is 12.9.